The average Bonchev–Trinajstić information content (AvgIpc) is 2.46. The van der Waals surface area contributed by atoms with Crippen LogP contribution in [-0.2, 0) is 6.61 Å². The Morgan fingerprint density at radius 1 is 0.900 bits per heavy atom. The van der Waals surface area contributed by atoms with Crippen molar-refractivity contribution in [2.24, 2.45) is 0 Å². The van der Waals surface area contributed by atoms with Crippen molar-refractivity contribution in [3.05, 3.63) is 50.9 Å². The molecule has 0 amide bonds. The Labute approximate surface area is 135 Å². The maximum atomic E-state index is 5.84. The molecule has 0 aliphatic carbocycles. The maximum Gasteiger partial charge on any atom is 0.175 e. The second-order valence-electron chi connectivity index (χ2n) is 4.03. The van der Waals surface area contributed by atoms with Gasteiger partial charge in [-0.3, -0.25) is 0 Å². The zero-order chi connectivity index (χ0) is 14.5. The third-order valence-corrected chi connectivity index (χ3v) is 3.99. The van der Waals surface area contributed by atoms with Crippen molar-refractivity contribution in [3.8, 4) is 17.2 Å². The molecule has 2 rings (SSSR count). The molecule has 0 saturated carbocycles. The van der Waals surface area contributed by atoms with E-state index in [9.17, 15) is 0 Å². The summed E-state index contributed by atoms with van der Waals surface area (Å²) in [4.78, 5) is 0. The summed E-state index contributed by atoms with van der Waals surface area (Å²) >= 11 is 6.93. The van der Waals surface area contributed by atoms with E-state index in [0.29, 0.717) is 18.1 Å². The van der Waals surface area contributed by atoms with E-state index in [1.807, 2.05) is 36.4 Å². The minimum absolute atomic E-state index is 0.446. The SMILES string of the molecule is COc1ccc(COc2c(Br)cccc2OC)cc1Br. The van der Waals surface area contributed by atoms with E-state index in [2.05, 4.69) is 31.9 Å². The normalized spacial score (nSPS) is 10.2. The van der Waals surface area contributed by atoms with Crippen LogP contribution < -0.4 is 14.2 Å². The molecule has 0 saturated heterocycles. The molecule has 0 heterocycles. The zero-order valence-electron chi connectivity index (χ0n) is 11.2. The van der Waals surface area contributed by atoms with Gasteiger partial charge < -0.3 is 14.2 Å². The van der Waals surface area contributed by atoms with Crippen molar-refractivity contribution in [2.45, 2.75) is 6.61 Å². The predicted octanol–water partition coefficient (Wildman–Crippen LogP) is 4.81. The van der Waals surface area contributed by atoms with E-state index in [1.54, 1.807) is 14.2 Å². The summed E-state index contributed by atoms with van der Waals surface area (Å²) in [5, 5.41) is 0. The highest BCUT2D eigenvalue weighted by Crippen LogP contribution is 2.35. The van der Waals surface area contributed by atoms with Gasteiger partial charge in [0.15, 0.2) is 11.5 Å². The molecular weight excluding hydrogens is 388 g/mol. The highest BCUT2D eigenvalue weighted by Gasteiger charge is 2.09. The molecule has 2 aromatic carbocycles. The fourth-order valence-corrected chi connectivity index (χ4v) is 2.80. The van der Waals surface area contributed by atoms with Gasteiger partial charge >= 0.3 is 0 Å². The second kappa shape index (κ2) is 6.99. The van der Waals surface area contributed by atoms with Gasteiger partial charge in [0.1, 0.15) is 12.4 Å². The molecule has 0 bridgehead atoms. The van der Waals surface area contributed by atoms with Crippen molar-refractivity contribution in [2.75, 3.05) is 14.2 Å². The van der Waals surface area contributed by atoms with Crippen LogP contribution in [0.25, 0.3) is 0 Å². The van der Waals surface area contributed by atoms with Crippen LogP contribution in [0, 0.1) is 0 Å². The van der Waals surface area contributed by atoms with Crippen molar-refractivity contribution < 1.29 is 14.2 Å². The van der Waals surface area contributed by atoms with Crippen LogP contribution in [0.1, 0.15) is 5.56 Å². The van der Waals surface area contributed by atoms with Gasteiger partial charge in [-0.2, -0.15) is 0 Å². The fraction of sp³-hybridized carbons (Fsp3) is 0.200. The predicted molar refractivity (Wildman–Crippen MR) is 85.7 cm³/mol. The van der Waals surface area contributed by atoms with Crippen LogP contribution in [0.15, 0.2) is 45.3 Å². The molecule has 0 N–H and O–H groups in total. The number of methoxy groups -OCH3 is 2. The van der Waals surface area contributed by atoms with Gasteiger partial charge in [0.05, 0.1) is 23.2 Å². The molecule has 106 valence electrons. The lowest BCUT2D eigenvalue weighted by molar-refractivity contribution is 0.282. The third-order valence-electron chi connectivity index (χ3n) is 2.75. The minimum Gasteiger partial charge on any atom is -0.496 e. The van der Waals surface area contributed by atoms with Gasteiger partial charge in [-0.1, -0.05) is 12.1 Å². The van der Waals surface area contributed by atoms with Crippen molar-refractivity contribution in [1.29, 1.82) is 0 Å². The lowest BCUT2D eigenvalue weighted by atomic mass is 10.2. The summed E-state index contributed by atoms with van der Waals surface area (Å²) < 4.78 is 18.1. The Morgan fingerprint density at radius 2 is 1.65 bits per heavy atom. The topological polar surface area (TPSA) is 27.7 Å². The first kappa shape index (κ1) is 15.2. The lowest BCUT2D eigenvalue weighted by Gasteiger charge is -2.13. The standard InChI is InChI=1S/C15H14Br2O3/c1-18-13-7-6-10(8-12(13)17)9-20-15-11(16)4-3-5-14(15)19-2/h3-8H,9H2,1-2H3. The van der Waals surface area contributed by atoms with Crippen LogP contribution >= 0.6 is 31.9 Å². The molecular formula is C15H14Br2O3. The molecule has 0 fully saturated rings. The van der Waals surface area contributed by atoms with Crippen molar-refractivity contribution in [1.82, 2.24) is 0 Å². The van der Waals surface area contributed by atoms with E-state index in [4.69, 9.17) is 14.2 Å². The molecule has 5 heteroatoms. The Kier molecular flexibility index (Phi) is 5.31. The van der Waals surface area contributed by atoms with E-state index >= 15 is 0 Å². The number of hydrogen-bond donors (Lipinski definition) is 0. The quantitative estimate of drug-likeness (QED) is 0.719. The van der Waals surface area contributed by atoms with Gasteiger partial charge in [0.2, 0.25) is 0 Å². The number of rotatable bonds is 5. The first-order chi connectivity index (χ1) is 9.65. The van der Waals surface area contributed by atoms with E-state index in [1.165, 1.54) is 0 Å². The van der Waals surface area contributed by atoms with Crippen LogP contribution in [0.3, 0.4) is 0 Å². The zero-order valence-corrected chi connectivity index (χ0v) is 14.3. The summed E-state index contributed by atoms with van der Waals surface area (Å²) in [6.45, 7) is 0.446. The monoisotopic (exact) mass is 400 g/mol. The number of ether oxygens (including phenoxy) is 3. The van der Waals surface area contributed by atoms with Crippen LogP contribution in [0.4, 0.5) is 0 Å². The molecule has 0 atom stereocenters. The van der Waals surface area contributed by atoms with Gasteiger partial charge in [-0.15, -0.1) is 0 Å². The molecule has 0 spiro atoms. The van der Waals surface area contributed by atoms with Gasteiger partial charge in [-0.05, 0) is 61.7 Å². The number of para-hydroxylation sites is 1. The van der Waals surface area contributed by atoms with Crippen LogP contribution in [-0.4, -0.2) is 14.2 Å². The molecule has 3 nitrogen and oxygen atoms in total. The summed E-state index contributed by atoms with van der Waals surface area (Å²) in [5.74, 6) is 2.20. The van der Waals surface area contributed by atoms with Gasteiger partial charge in [0, 0.05) is 0 Å². The minimum atomic E-state index is 0.446. The highest BCUT2D eigenvalue weighted by molar-refractivity contribution is 9.10. The van der Waals surface area contributed by atoms with Gasteiger partial charge in [0.25, 0.3) is 0 Å². The Hall–Kier alpha value is -1.20. The first-order valence-corrected chi connectivity index (χ1v) is 7.52. The van der Waals surface area contributed by atoms with Crippen molar-refractivity contribution in [3.63, 3.8) is 0 Å². The first-order valence-electron chi connectivity index (χ1n) is 5.93. The number of hydrogen-bond acceptors (Lipinski definition) is 3. The molecule has 0 aromatic heterocycles. The number of halogens is 2. The largest absolute Gasteiger partial charge is 0.496 e. The highest BCUT2D eigenvalue weighted by atomic mass is 79.9. The third kappa shape index (κ3) is 3.46. The summed E-state index contributed by atoms with van der Waals surface area (Å²) in [6.07, 6.45) is 0. The molecule has 0 aliphatic heterocycles. The number of benzene rings is 2. The molecule has 2 aromatic rings. The average molecular weight is 402 g/mol. The molecule has 20 heavy (non-hydrogen) atoms. The van der Waals surface area contributed by atoms with E-state index < -0.39 is 0 Å². The van der Waals surface area contributed by atoms with Gasteiger partial charge in [-0.25, -0.2) is 0 Å². The maximum absolute atomic E-state index is 5.84. The molecule has 0 radical (unpaired) electrons. The Balaban J connectivity index is 2.15. The Bertz CT molecular complexity index is 600. The molecule has 0 aliphatic rings. The smallest absolute Gasteiger partial charge is 0.175 e. The molecule has 0 unspecified atom stereocenters. The van der Waals surface area contributed by atoms with Crippen molar-refractivity contribution >= 4 is 31.9 Å². The lowest BCUT2D eigenvalue weighted by Crippen LogP contribution is -1.99. The summed E-state index contributed by atoms with van der Waals surface area (Å²) in [6, 6.07) is 11.5. The van der Waals surface area contributed by atoms with E-state index in [-0.39, 0.29) is 0 Å². The van der Waals surface area contributed by atoms with Crippen LogP contribution in [0.5, 0.6) is 17.2 Å². The van der Waals surface area contributed by atoms with E-state index in [0.717, 1.165) is 20.3 Å². The van der Waals surface area contributed by atoms with Crippen LogP contribution in [0.2, 0.25) is 0 Å². The fourth-order valence-electron chi connectivity index (χ4n) is 1.75. The summed E-state index contributed by atoms with van der Waals surface area (Å²) in [5.41, 5.74) is 1.04. The second-order valence-corrected chi connectivity index (χ2v) is 5.74. The summed E-state index contributed by atoms with van der Waals surface area (Å²) in [7, 11) is 3.26. The Morgan fingerprint density at radius 3 is 2.30 bits per heavy atom.